The number of aryl methyl sites for hydroxylation is 1. The lowest BCUT2D eigenvalue weighted by Crippen LogP contribution is -2.04. The van der Waals surface area contributed by atoms with Crippen molar-refractivity contribution in [1.29, 1.82) is 0 Å². The van der Waals surface area contributed by atoms with Gasteiger partial charge in [-0.2, -0.15) is 4.80 Å². The highest BCUT2D eigenvalue weighted by Crippen LogP contribution is 2.20. The van der Waals surface area contributed by atoms with E-state index in [-0.39, 0.29) is 17.9 Å². The van der Waals surface area contributed by atoms with Crippen LogP contribution in [0.3, 0.4) is 0 Å². The normalized spacial score (nSPS) is 10.3. The van der Waals surface area contributed by atoms with Gasteiger partial charge in [0.25, 0.3) is 0 Å². The summed E-state index contributed by atoms with van der Waals surface area (Å²) >= 11 is 0. The van der Waals surface area contributed by atoms with Gasteiger partial charge < -0.3 is 15.6 Å². The fourth-order valence-corrected chi connectivity index (χ4v) is 1.34. The Labute approximate surface area is 102 Å². The van der Waals surface area contributed by atoms with Crippen molar-refractivity contribution in [2.75, 3.05) is 5.73 Å². The first-order valence-corrected chi connectivity index (χ1v) is 5.05. The SMILES string of the molecule is Cn1nnc(COc2ccc(N)c(C(=O)O)c2)n1. The summed E-state index contributed by atoms with van der Waals surface area (Å²) in [5.74, 6) is -0.309. The Kier molecular flexibility index (Phi) is 3.09. The number of hydrogen-bond acceptors (Lipinski definition) is 6. The molecule has 3 N–H and O–H groups in total. The fourth-order valence-electron chi connectivity index (χ4n) is 1.34. The fraction of sp³-hybridized carbons (Fsp3) is 0.200. The number of benzene rings is 1. The Hall–Kier alpha value is -2.64. The zero-order chi connectivity index (χ0) is 13.1. The molecule has 2 aromatic rings. The van der Waals surface area contributed by atoms with E-state index < -0.39 is 5.97 Å². The summed E-state index contributed by atoms with van der Waals surface area (Å²) < 4.78 is 5.35. The average Bonchev–Trinajstić information content (AvgIpc) is 2.74. The first kappa shape index (κ1) is 11.8. The maximum Gasteiger partial charge on any atom is 0.337 e. The number of aromatic nitrogens is 4. The highest BCUT2D eigenvalue weighted by atomic mass is 16.5. The molecule has 8 heteroatoms. The van der Waals surface area contributed by atoms with Crippen LogP contribution in [0, 0.1) is 0 Å². The van der Waals surface area contributed by atoms with Crippen molar-refractivity contribution in [3.63, 3.8) is 0 Å². The molecule has 0 unspecified atom stereocenters. The molecule has 0 atom stereocenters. The van der Waals surface area contributed by atoms with Gasteiger partial charge in [0.05, 0.1) is 12.6 Å². The van der Waals surface area contributed by atoms with Crippen molar-refractivity contribution >= 4 is 11.7 Å². The van der Waals surface area contributed by atoms with Crippen molar-refractivity contribution in [2.24, 2.45) is 7.05 Å². The molecule has 1 aromatic carbocycles. The number of anilines is 1. The predicted molar refractivity (Wildman–Crippen MR) is 60.9 cm³/mol. The number of carboxylic acid groups (broad SMARTS) is 1. The van der Waals surface area contributed by atoms with Gasteiger partial charge in [-0.15, -0.1) is 10.2 Å². The molecule has 0 amide bonds. The molecule has 0 spiro atoms. The molecular weight excluding hydrogens is 238 g/mol. The van der Waals surface area contributed by atoms with Crippen LogP contribution in [0.4, 0.5) is 5.69 Å². The van der Waals surface area contributed by atoms with E-state index in [1.165, 1.54) is 16.9 Å². The molecule has 2 rings (SSSR count). The van der Waals surface area contributed by atoms with Gasteiger partial charge in [0.2, 0.25) is 5.82 Å². The van der Waals surface area contributed by atoms with Crippen molar-refractivity contribution in [3.05, 3.63) is 29.6 Å². The Morgan fingerprint density at radius 1 is 1.56 bits per heavy atom. The third-order valence-corrected chi connectivity index (χ3v) is 2.17. The number of nitrogens with zero attached hydrogens (tertiary/aromatic N) is 4. The lowest BCUT2D eigenvalue weighted by molar-refractivity contribution is 0.0697. The number of hydrogen-bond donors (Lipinski definition) is 2. The average molecular weight is 249 g/mol. The Bertz CT molecular complexity index is 581. The Morgan fingerprint density at radius 3 is 2.94 bits per heavy atom. The Morgan fingerprint density at radius 2 is 2.33 bits per heavy atom. The van der Waals surface area contributed by atoms with E-state index in [9.17, 15) is 4.79 Å². The van der Waals surface area contributed by atoms with Crippen molar-refractivity contribution in [3.8, 4) is 5.75 Å². The minimum Gasteiger partial charge on any atom is -0.485 e. The summed E-state index contributed by atoms with van der Waals surface area (Å²) in [7, 11) is 1.64. The van der Waals surface area contributed by atoms with E-state index in [2.05, 4.69) is 15.4 Å². The van der Waals surface area contributed by atoms with Crippen LogP contribution in [0.5, 0.6) is 5.75 Å². The van der Waals surface area contributed by atoms with E-state index in [4.69, 9.17) is 15.6 Å². The van der Waals surface area contributed by atoms with E-state index in [0.717, 1.165) is 0 Å². The summed E-state index contributed by atoms with van der Waals surface area (Å²) in [6.45, 7) is 0.108. The van der Waals surface area contributed by atoms with Crippen molar-refractivity contribution in [1.82, 2.24) is 20.2 Å². The Balaban J connectivity index is 2.10. The summed E-state index contributed by atoms with van der Waals surface area (Å²) in [5, 5.41) is 20.2. The molecule has 0 bridgehead atoms. The molecule has 0 aliphatic heterocycles. The number of nitrogens with two attached hydrogens (primary N) is 1. The number of rotatable bonds is 4. The first-order valence-electron chi connectivity index (χ1n) is 5.05. The zero-order valence-corrected chi connectivity index (χ0v) is 9.57. The number of tetrazole rings is 1. The zero-order valence-electron chi connectivity index (χ0n) is 9.57. The molecule has 0 saturated carbocycles. The smallest absolute Gasteiger partial charge is 0.337 e. The van der Waals surface area contributed by atoms with Gasteiger partial charge in [0.15, 0.2) is 6.61 Å². The highest BCUT2D eigenvalue weighted by Gasteiger charge is 2.10. The van der Waals surface area contributed by atoms with Crippen LogP contribution in [-0.4, -0.2) is 31.3 Å². The minimum atomic E-state index is -1.10. The van der Waals surface area contributed by atoms with E-state index in [1.807, 2.05) is 0 Å². The van der Waals surface area contributed by atoms with Crippen LogP contribution < -0.4 is 10.5 Å². The highest BCUT2D eigenvalue weighted by molar-refractivity contribution is 5.94. The maximum absolute atomic E-state index is 10.9. The van der Waals surface area contributed by atoms with Crippen LogP contribution in [0.1, 0.15) is 16.2 Å². The van der Waals surface area contributed by atoms with Crippen LogP contribution in [0.2, 0.25) is 0 Å². The van der Waals surface area contributed by atoms with Gasteiger partial charge in [-0.3, -0.25) is 0 Å². The summed E-state index contributed by atoms with van der Waals surface area (Å²) in [4.78, 5) is 12.2. The van der Waals surface area contributed by atoms with Crippen molar-refractivity contribution < 1.29 is 14.6 Å². The quantitative estimate of drug-likeness (QED) is 0.736. The molecule has 1 heterocycles. The van der Waals surface area contributed by atoms with Crippen molar-refractivity contribution in [2.45, 2.75) is 6.61 Å². The molecule has 0 aliphatic rings. The standard InChI is InChI=1S/C10H11N5O3/c1-15-13-9(12-14-15)5-18-6-2-3-8(11)7(4-6)10(16)17/h2-4H,5,11H2,1H3,(H,16,17). The molecule has 94 valence electrons. The molecule has 1 aromatic heterocycles. The number of aromatic carboxylic acids is 1. The maximum atomic E-state index is 10.9. The molecule has 18 heavy (non-hydrogen) atoms. The second-order valence-electron chi connectivity index (χ2n) is 3.54. The lowest BCUT2D eigenvalue weighted by Gasteiger charge is -2.06. The van der Waals surface area contributed by atoms with Gasteiger partial charge in [-0.05, 0) is 23.4 Å². The van der Waals surface area contributed by atoms with Gasteiger partial charge in [0, 0.05) is 5.69 Å². The molecule has 0 saturated heterocycles. The van der Waals surface area contributed by atoms with Crippen LogP contribution >= 0.6 is 0 Å². The molecule has 0 fully saturated rings. The largest absolute Gasteiger partial charge is 0.485 e. The third-order valence-electron chi connectivity index (χ3n) is 2.17. The number of carboxylic acids is 1. The summed E-state index contributed by atoms with van der Waals surface area (Å²) in [6, 6.07) is 4.41. The number of carbonyl (C=O) groups is 1. The van der Waals surface area contributed by atoms with Crippen LogP contribution in [0.15, 0.2) is 18.2 Å². The predicted octanol–water partition coefficient (Wildman–Crippen LogP) is 0.0695. The van der Waals surface area contributed by atoms with E-state index in [0.29, 0.717) is 11.6 Å². The first-order chi connectivity index (χ1) is 8.56. The molecular formula is C10H11N5O3. The van der Waals surface area contributed by atoms with E-state index >= 15 is 0 Å². The van der Waals surface area contributed by atoms with Gasteiger partial charge in [0.1, 0.15) is 5.75 Å². The van der Waals surface area contributed by atoms with Crippen LogP contribution in [0.25, 0.3) is 0 Å². The monoisotopic (exact) mass is 249 g/mol. The van der Waals surface area contributed by atoms with Crippen LogP contribution in [-0.2, 0) is 13.7 Å². The van der Waals surface area contributed by atoms with Gasteiger partial charge in [-0.25, -0.2) is 4.79 Å². The number of nitrogen functional groups attached to an aromatic ring is 1. The minimum absolute atomic E-state index is 0.000366. The second kappa shape index (κ2) is 4.70. The van der Waals surface area contributed by atoms with Gasteiger partial charge >= 0.3 is 5.97 Å². The molecule has 0 radical (unpaired) electrons. The summed E-state index contributed by atoms with van der Waals surface area (Å²) in [6.07, 6.45) is 0. The van der Waals surface area contributed by atoms with Gasteiger partial charge in [-0.1, -0.05) is 0 Å². The summed E-state index contributed by atoms with van der Waals surface area (Å²) in [5.41, 5.74) is 5.71. The number of ether oxygens (including phenoxy) is 1. The third kappa shape index (κ3) is 2.54. The molecule has 0 aliphatic carbocycles. The lowest BCUT2D eigenvalue weighted by atomic mass is 10.2. The molecule has 8 nitrogen and oxygen atoms in total. The van der Waals surface area contributed by atoms with E-state index in [1.54, 1.807) is 13.1 Å². The second-order valence-corrected chi connectivity index (χ2v) is 3.54. The topological polar surface area (TPSA) is 116 Å².